The predicted molar refractivity (Wildman–Crippen MR) is 255 cm³/mol. The van der Waals surface area contributed by atoms with Gasteiger partial charge in [-0.3, -0.25) is 43.5 Å². The molecule has 3 saturated heterocycles. The van der Waals surface area contributed by atoms with Crippen molar-refractivity contribution in [3.63, 3.8) is 0 Å². The molecular formula is C51H56F3N11O4. The molecule has 6 aromatic rings. The molecule has 0 bridgehead atoms. The van der Waals surface area contributed by atoms with E-state index in [-0.39, 0.29) is 59.3 Å². The first-order valence-corrected chi connectivity index (χ1v) is 23.9. The highest BCUT2D eigenvalue weighted by Gasteiger charge is 2.33. The number of nitrogens with one attached hydrogen (secondary N) is 3. The number of hydrogen-bond acceptors (Lipinski definition) is 10. The maximum atomic E-state index is 16.0. The van der Waals surface area contributed by atoms with Crippen molar-refractivity contribution in [3.05, 3.63) is 135 Å². The minimum Gasteiger partial charge on any atom is -0.388 e. The van der Waals surface area contributed by atoms with Gasteiger partial charge in [0.1, 0.15) is 29.1 Å². The Labute approximate surface area is 397 Å². The van der Waals surface area contributed by atoms with Gasteiger partial charge in [0, 0.05) is 91.7 Å². The first-order valence-electron chi connectivity index (χ1n) is 23.9. The Bertz CT molecular complexity index is 3000. The molecule has 3 fully saturated rings. The Kier molecular flexibility index (Phi) is 12.6. The van der Waals surface area contributed by atoms with Gasteiger partial charge in [-0.15, -0.1) is 0 Å². The summed E-state index contributed by atoms with van der Waals surface area (Å²) in [5.41, 5.74) is 5.94. The van der Waals surface area contributed by atoms with Crippen molar-refractivity contribution in [1.82, 2.24) is 43.9 Å². The molecule has 0 saturated carbocycles. The first-order chi connectivity index (χ1) is 33.3. The maximum Gasteiger partial charge on any atom is 0.257 e. The number of halogens is 3. The van der Waals surface area contributed by atoms with E-state index in [1.165, 1.54) is 18.2 Å². The average molecular weight is 944 g/mol. The summed E-state index contributed by atoms with van der Waals surface area (Å²) in [5.74, 6) is -3.16. The van der Waals surface area contributed by atoms with Crippen molar-refractivity contribution in [2.45, 2.75) is 89.0 Å². The number of carbonyl (C=O) groups is 3. The zero-order chi connectivity index (χ0) is 48.1. The third-order valence-corrected chi connectivity index (χ3v) is 14.8. The molecule has 0 spiro atoms. The van der Waals surface area contributed by atoms with E-state index in [9.17, 15) is 19.2 Å². The summed E-state index contributed by atoms with van der Waals surface area (Å²) in [7, 11) is 3.73. The van der Waals surface area contributed by atoms with Crippen LogP contribution < -0.4 is 21.5 Å². The third kappa shape index (κ3) is 9.14. The number of amides is 3. The molecule has 4 aliphatic heterocycles. The molecule has 0 radical (unpaired) electrons. The SMILES string of the molecule is CNc1ccn(-c2ccnc3c2cc([C@@H](C)N2CCC(c4c(F)cc(C(=O)N5CCn6nc(CN7CCC(c8ccc(NC9CCC(=O)NC9=O)cc8F)CC7)cc6C5)cc4F)CC2)n3C)c(=O)c1. The highest BCUT2D eigenvalue weighted by atomic mass is 19.1. The minimum atomic E-state index is -0.704. The number of aromatic nitrogens is 5. The average Bonchev–Trinajstić information content (AvgIpc) is 3.91. The molecular weight excluding hydrogens is 888 g/mol. The lowest BCUT2D eigenvalue weighted by Gasteiger charge is -2.36. The molecule has 1 unspecified atom stereocenters. The van der Waals surface area contributed by atoms with E-state index in [1.54, 1.807) is 47.1 Å². The van der Waals surface area contributed by atoms with Gasteiger partial charge in [0.05, 0.1) is 30.2 Å². The zero-order valence-corrected chi connectivity index (χ0v) is 39.0. The number of hydrogen-bond donors (Lipinski definition) is 3. The minimum absolute atomic E-state index is 0.0171. The van der Waals surface area contributed by atoms with Crippen LogP contribution in [0.15, 0.2) is 77.9 Å². The summed E-state index contributed by atoms with van der Waals surface area (Å²) < 4.78 is 52.8. The Hall–Kier alpha value is -6.79. The number of imide groups is 1. The van der Waals surface area contributed by atoms with Crippen LogP contribution in [-0.2, 0) is 36.3 Å². The highest BCUT2D eigenvalue weighted by molar-refractivity contribution is 6.01. The number of aryl methyl sites for hydroxylation is 1. The lowest BCUT2D eigenvalue weighted by atomic mass is 9.87. The molecule has 15 nitrogen and oxygen atoms in total. The molecule has 2 aromatic carbocycles. The summed E-state index contributed by atoms with van der Waals surface area (Å²) in [5, 5.41) is 14.0. The lowest BCUT2D eigenvalue weighted by Crippen LogP contribution is -2.47. The summed E-state index contributed by atoms with van der Waals surface area (Å²) in [6.45, 7) is 6.52. The molecule has 2 atom stereocenters. The number of anilines is 2. The second-order valence-electron chi connectivity index (χ2n) is 18.9. The topological polar surface area (TPSA) is 155 Å². The fourth-order valence-corrected chi connectivity index (χ4v) is 10.9. The van der Waals surface area contributed by atoms with Gasteiger partial charge in [0.2, 0.25) is 11.8 Å². The van der Waals surface area contributed by atoms with Crippen LogP contribution in [0.4, 0.5) is 24.5 Å². The number of carbonyl (C=O) groups excluding carboxylic acids is 3. The molecule has 10 rings (SSSR count). The van der Waals surface area contributed by atoms with Crippen molar-refractivity contribution >= 4 is 40.1 Å². The second-order valence-corrected chi connectivity index (χ2v) is 18.9. The number of fused-ring (bicyclic) bond motifs is 2. The standard InChI is InChI=1S/C51H56F3N11O4/c1-30(45-27-39-44(8-14-56-49(39)60(45)3)64-19-13-34(55-2)26-47(64)67)62-17-11-32(12-18-62)48-41(53)22-33(23-42(48)54)51(69)63-20-21-65-37(29-63)24-36(59-65)28-61-15-9-31(10-16-61)38-5-4-35(25-40(38)52)57-43-6-7-46(66)58-50(43)68/h4-5,8,13-14,19,22-27,30-32,43,55,57H,6-7,9-12,15-18,20-21,28-29H2,1-3H3,(H,58,66,68)/t30-,43?/m1/s1. The van der Waals surface area contributed by atoms with Gasteiger partial charge < -0.3 is 20.1 Å². The van der Waals surface area contributed by atoms with E-state index in [1.807, 2.05) is 34.5 Å². The van der Waals surface area contributed by atoms with Gasteiger partial charge in [0.25, 0.3) is 11.5 Å². The quantitative estimate of drug-likeness (QED) is 0.122. The van der Waals surface area contributed by atoms with Gasteiger partial charge in [0.15, 0.2) is 0 Å². The van der Waals surface area contributed by atoms with Crippen LogP contribution in [0.5, 0.6) is 0 Å². The predicted octanol–water partition coefficient (Wildman–Crippen LogP) is 6.57. The molecule has 4 aromatic heterocycles. The highest BCUT2D eigenvalue weighted by Crippen LogP contribution is 2.38. The number of piperidine rings is 3. The lowest BCUT2D eigenvalue weighted by molar-refractivity contribution is -0.133. The molecule has 69 heavy (non-hydrogen) atoms. The summed E-state index contributed by atoms with van der Waals surface area (Å²) >= 11 is 0. The van der Waals surface area contributed by atoms with E-state index in [0.29, 0.717) is 63.2 Å². The van der Waals surface area contributed by atoms with Crippen LogP contribution >= 0.6 is 0 Å². The fourth-order valence-electron chi connectivity index (χ4n) is 10.9. The Morgan fingerprint density at radius 2 is 1.59 bits per heavy atom. The van der Waals surface area contributed by atoms with Crippen LogP contribution in [0.2, 0.25) is 0 Å². The largest absolute Gasteiger partial charge is 0.388 e. The molecule has 4 aliphatic rings. The summed E-state index contributed by atoms with van der Waals surface area (Å²) in [4.78, 5) is 61.3. The Balaban J connectivity index is 0.727. The second kappa shape index (κ2) is 19.0. The zero-order valence-electron chi connectivity index (χ0n) is 39.0. The molecule has 8 heterocycles. The number of pyridine rings is 2. The first kappa shape index (κ1) is 46.0. The van der Waals surface area contributed by atoms with Crippen LogP contribution in [0, 0.1) is 17.5 Å². The number of benzene rings is 2. The summed E-state index contributed by atoms with van der Waals surface area (Å²) in [6.07, 6.45) is 6.67. The molecule has 3 N–H and O–H groups in total. The van der Waals surface area contributed by atoms with Crippen molar-refractivity contribution < 1.29 is 27.6 Å². The number of rotatable bonds is 11. The van der Waals surface area contributed by atoms with Gasteiger partial charge in [-0.1, -0.05) is 6.07 Å². The van der Waals surface area contributed by atoms with Crippen LogP contribution in [0.1, 0.15) is 102 Å². The van der Waals surface area contributed by atoms with Crippen molar-refractivity contribution in [1.29, 1.82) is 0 Å². The third-order valence-electron chi connectivity index (χ3n) is 14.8. The van der Waals surface area contributed by atoms with E-state index in [2.05, 4.69) is 43.7 Å². The van der Waals surface area contributed by atoms with Gasteiger partial charge >= 0.3 is 0 Å². The maximum absolute atomic E-state index is 16.0. The summed E-state index contributed by atoms with van der Waals surface area (Å²) in [6, 6.07) is 16.0. The Morgan fingerprint density at radius 1 is 0.841 bits per heavy atom. The van der Waals surface area contributed by atoms with Gasteiger partial charge in [-0.05, 0) is 131 Å². The normalized spacial score (nSPS) is 19.2. The number of nitrogens with zero attached hydrogens (tertiary/aromatic N) is 8. The smallest absolute Gasteiger partial charge is 0.257 e. The van der Waals surface area contributed by atoms with Crippen LogP contribution in [0.25, 0.3) is 16.7 Å². The Morgan fingerprint density at radius 3 is 2.30 bits per heavy atom. The molecule has 360 valence electrons. The fraction of sp³-hybridized carbons (Fsp3) is 0.412. The van der Waals surface area contributed by atoms with E-state index in [0.717, 1.165) is 65.4 Å². The van der Waals surface area contributed by atoms with Crippen molar-refractivity contribution in [2.24, 2.45) is 7.05 Å². The van der Waals surface area contributed by atoms with E-state index >= 15 is 13.2 Å². The van der Waals surface area contributed by atoms with Crippen molar-refractivity contribution in [2.75, 3.05) is 50.4 Å². The molecule has 0 aliphatic carbocycles. The van der Waals surface area contributed by atoms with Crippen LogP contribution in [-0.4, -0.2) is 102 Å². The van der Waals surface area contributed by atoms with E-state index in [4.69, 9.17) is 5.10 Å². The monoisotopic (exact) mass is 943 g/mol. The van der Waals surface area contributed by atoms with Gasteiger partial charge in [-0.2, -0.15) is 5.10 Å². The van der Waals surface area contributed by atoms with E-state index < -0.39 is 29.5 Å². The molecule has 3 amide bonds. The molecule has 18 heteroatoms. The number of likely N-dealkylation sites (tertiary alicyclic amines) is 2. The van der Waals surface area contributed by atoms with Crippen molar-refractivity contribution in [3.8, 4) is 5.69 Å². The van der Waals surface area contributed by atoms with Crippen LogP contribution in [0.3, 0.4) is 0 Å². The van der Waals surface area contributed by atoms with Gasteiger partial charge in [-0.25, -0.2) is 18.2 Å².